The fraction of sp³-hybridized carbons (Fsp3) is 0.143. The lowest BCUT2D eigenvalue weighted by Crippen LogP contribution is -2.07. The Morgan fingerprint density at radius 3 is 2.75 bits per heavy atom. The predicted octanol–water partition coefficient (Wildman–Crippen LogP) is 4.89. The molecule has 0 atom stereocenters. The third-order valence-electron chi connectivity index (χ3n) is 4.78. The molecule has 116 valence electrons. The average Bonchev–Trinajstić information content (AvgIpc) is 3.47. The van der Waals surface area contributed by atoms with E-state index in [2.05, 4.69) is 11.1 Å². The first-order chi connectivity index (χ1) is 11.8. The Hall–Kier alpha value is -2.94. The van der Waals surface area contributed by atoms with Gasteiger partial charge in [0.05, 0.1) is 16.6 Å². The molecule has 0 saturated heterocycles. The van der Waals surface area contributed by atoms with Crippen molar-refractivity contribution in [3.8, 4) is 11.3 Å². The van der Waals surface area contributed by atoms with Crippen LogP contribution in [0.15, 0.2) is 70.2 Å². The van der Waals surface area contributed by atoms with E-state index < -0.39 is 0 Å². The molecule has 0 aliphatic heterocycles. The van der Waals surface area contributed by atoms with E-state index in [1.807, 2.05) is 42.5 Å². The first-order valence-electron chi connectivity index (χ1n) is 8.21. The van der Waals surface area contributed by atoms with Crippen LogP contribution in [0.25, 0.3) is 33.0 Å². The van der Waals surface area contributed by atoms with Crippen molar-refractivity contribution in [3.05, 3.63) is 76.8 Å². The van der Waals surface area contributed by atoms with Crippen LogP contribution in [0.2, 0.25) is 0 Å². The number of fused-ring (bicyclic) bond motifs is 3. The summed E-state index contributed by atoms with van der Waals surface area (Å²) < 4.78 is 5.80. The molecule has 0 amide bonds. The number of rotatable bonds is 2. The van der Waals surface area contributed by atoms with Crippen molar-refractivity contribution in [2.24, 2.45) is 0 Å². The Morgan fingerprint density at radius 2 is 1.88 bits per heavy atom. The molecule has 3 heteroatoms. The van der Waals surface area contributed by atoms with Gasteiger partial charge in [-0.05, 0) is 47.2 Å². The van der Waals surface area contributed by atoms with Gasteiger partial charge in [0.15, 0.2) is 0 Å². The summed E-state index contributed by atoms with van der Waals surface area (Å²) >= 11 is 0. The number of aromatic nitrogens is 1. The van der Waals surface area contributed by atoms with E-state index in [-0.39, 0.29) is 5.43 Å². The summed E-state index contributed by atoms with van der Waals surface area (Å²) in [5.41, 5.74) is 3.09. The smallest absolute Gasteiger partial charge is 0.202 e. The second kappa shape index (κ2) is 5.03. The molecule has 1 saturated carbocycles. The minimum Gasteiger partial charge on any atom is -0.463 e. The average molecular weight is 313 g/mol. The lowest BCUT2D eigenvalue weighted by molar-refractivity contribution is 0.604. The Labute approximate surface area is 138 Å². The van der Waals surface area contributed by atoms with Crippen LogP contribution in [0, 0.1) is 0 Å². The van der Waals surface area contributed by atoms with E-state index in [1.165, 1.54) is 12.8 Å². The van der Waals surface area contributed by atoms with Crippen molar-refractivity contribution in [2.45, 2.75) is 18.8 Å². The van der Waals surface area contributed by atoms with Crippen LogP contribution in [0.3, 0.4) is 0 Å². The van der Waals surface area contributed by atoms with E-state index in [4.69, 9.17) is 4.42 Å². The number of nitrogens with zero attached hydrogens (tertiary/aromatic N) is 1. The lowest BCUT2D eigenvalue weighted by Gasteiger charge is -2.08. The SMILES string of the molecule is O=c1c(-c2ncccc2C2CC2)coc2ccc3ccccc3c12. The van der Waals surface area contributed by atoms with Crippen molar-refractivity contribution >= 4 is 21.7 Å². The molecule has 1 aliphatic rings. The molecule has 1 fully saturated rings. The van der Waals surface area contributed by atoms with Crippen molar-refractivity contribution in [2.75, 3.05) is 0 Å². The standard InChI is InChI=1S/C21H15NO2/c23-21-17(20-16(14-7-8-14)6-3-11-22-20)12-24-18-10-9-13-4-1-2-5-15(13)19(18)21/h1-6,9-12,14H,7-8H2. The van der Waals surface area contributed by atoms with Crippen molar-refractivity contribution in [1.29, 1.82) is 0 Å². The van der Waals surface area contributed by atoms with Crippen LogP contribution in [0.1, 0.15) is 24.3 Å². The highest BCUT2D eigenvalue weighted by atomic mass is 16.3. The van der Waals surface area contributed by atoms with Gasteiger partial charge in [0.1, 0.15) is 11.8 Å². The minimum atomic E-state index is -0.00588. The molecular weight excluding hydrogens is 298 g/mol. The van der Waals surface area contributed by atoms with Crippen molar-refractivity contribution in [3.63, 3.8) is 0 Å². The van der Waals surface area contributed by atoms with Gasteiger partial charge in [0, 0.05) is 6.20 Å². The van der Waals surface area contributed by atoms with Crippen LogP contribution in [0.5, 0.6) is 0 Å². The van der Waals surface area contributed by atoms with Crippen LogP contribution in [-0.4, -0.2) is 4.98 Å². The van der Waals surface area contributed by atoms with E-state index in [9.17, 15) is 4.79 Å². The summed E-state index contributed by atoms with van der Waals surface area (Å²) in [7, 11) is 0. The summed E-state index contributed by atoms with van der Waals surface area (Å²) in [6, 6.07) is 15.8. The van der Waals surface area contributed by atoms with Gasteiger partial charge in [-0.1, -0.05) is 36.4 Å². The second-order valence-electron chi connectivity index (χ2n) is 6.35. The molecule has 0 N–H and O–H groups in total. The van der Waals surface area contributed by atoms with Gasteiger partial charge in [-0.15, -0.1) is 0 Å². The zero-order chi connectivity index (χ0) is 16.1. The number of hydrogen-bond donors (Lipinski definition) is 0. The van der Waals surface area contributed by atoms with E-state index in [1.54, 1.807) is 12.5 Å². The van der Waals surface area contributed by atoms with Crippen molar-refractivity contribution in [1.82, 2.24) is 4.98 Å². The maximum absolute atomic E-state index is 13.2. The normalized spacial score (nSPS) is 14.3. The van der Waals surface area contributed by atoms with Gasteiger partial charge < -0.3 is 4.42 Å². The number of pyridine rings is 1. The third-order valence-corrected chi connectivity index (χ3v) is 4.78. The molecule has 2 heterocycles. The largest absolute Gasteiger partial charge is 0.463 e. The minimum absolute atomic E-state index is 0.00588. The fourth-order valence-corrected chi connectivity index (χ4v) is 3.42. The molecule has 1 aliphatic carbocycles. The first kappa shape index (κ1) is 13.5. The predicted molar refractivity (Wildman–Crippen MR) is 95.2 cm³/mol. The second-order valence-corrected chi connectivity index (χ2v) is 6.35. The summed E-state index contributed by atoms with van der Waals surface area (Å²) in [6.07, 6.45) is 5.64. The Balaban J connectivity index is 1.87. The molecule has 3 nitrogen and oxygen atoms in total. The van der Waals surface area contributed by atoms with Crippen LogP contribution >= 0.6 is 0 Å². The summed E-state index contributed by atoms with van der Waals surface area (Å²) in [4.78, 5) is 17.7. The summed E-state index contributed by atoms with van der Waals surface area (Å²) in [5, 5.41) is 2.60. The van der Waals surface area contributed by atoms with E-state index in [0.717, 1.165) is 22.0 Å². The molecule has 4 aromatic rings. The fourth-order valence-electron chi connectivity index (χ4n) is 3.42. The summed E-state index contributed by atoms with van der Waals surface area (Å²) in [6.45, 7) is 0. The van der Waals surface area contributed by atoms with E-state index in [0.29, 0.717) is 22.5 Å². The van der Waals surface area contributed by atoms with Crippen LogP contribution < -0.4 is 5.43 Å². The molecule has 24 heavy (non-hydrogen) atoms. The van der Waals surface area contributed by atoms with Crippen molar-refractivity contribution < 1.29 is 4.42 Å². The molecule has 0 bridgehead atoms. The monoisotopic (exact) mass is 313 g/mol. The van der Waals surface area contributed by atoms with Gasteiger partial charge in [-0.3, -0.25) is 9.78 Å². The van der Waals surface area contributed by atoms with Gasteiger partial charge in [0.2, 0.25) is 5.43 Å². The van der Waals surface area contributed by atoms with E-state index >= 15 is 0 Å². The Kier molecular flexibility index (Phi) is 2.83. The Bertz CT molecular complexity index is 1140. The molecular formula is C21H15NO2. The molecule has 2 aromatic carbocycles. The highest BCUT2D eigenvalue weighted by molar-refractivity contribution is 6.06. The highest BCUT2D eigenvalue weighted by Crippen LogP contribution is 2.43. The molecule has 0 unspecified atom stereocenters. The first-order valence-corrected chi connectivity index (χ1v) is 8.21. The lowest BCUT2D eigenvalue weighted by atomic mass is 10.00. The number of hydrogen-bond acceptors (Lipinski definition) is 3. The molecule has 0 spiro atoms. The topological polar surface area (TPSA) is 43.1 Å². The maximum atomic E-state index is 13.2. The van der Waals surface area contributed by atoms with Gasteiger partial charge >= 0.3 is 0 Å². The molecule has 2 aromatic heterocycles. The molecule has 5 rings (SSSR count). The molecule has 0 radical (unpaired) electrons. The summed E-state index contributed by atoms with van der Waals surface area (Å²) in [5.74, 6) is 0.524. The number of benzene rings is 2. The zero-order valence-electron chi connectivity index (χ0n) is 13.0. The zero-order valence-corrected chi connectivity index (χ0v) is 13.0. The Morgan fingerprint density at radius 1 is 1.00 bits per heavy atom. The van der Waals surface area contributed by atoms with Crippen LogP contribution in [-0.2, 0) is 0 Å². The van der Waals surface area contributed by atoms with Crippen LogP contribution in [0.4, 0.5) is 0 Å². The maximum Gasteiger partial charge on any atom is 0.202 e. The van der Waals surface area contributed by atoms with Gasteiger partial charge in [-0.2, -0.15) is 0 Å². The van der Waals surface area contributed by atoms with Gasteiger partial charge in [-0.25, -0.2) is 0 Å². The van der Waals surface area contributed by atoms with Gasteiger partial charge in [0.25, 0.3) is 0 Å². The highest BCUT2D eigenvalue weighted by Gasteiger charge is 2.28. The quantitative estimate of drug-likeness (QED) is 0.495. The third kappa shape index (κ3) is 1.98.